The highest BCUT2D eigenvalue weighted by Crippen LogP contribution is 2.21. The molecule has 0 aromatic rings. The maximum Gasteiger partial charge on any atom is 0.329 e. The van der Waals surface area contributed by atoms with E-state index in [1.165, 1.54) is 0 Å². The van der Waals surface area contributed by atoms with Crippen molar-refractivity contribution in [2.75, 3.05) is 33.0 Å². The van der Waals surface area contributed by atoms with Crippen LogP contribution in [0, 0.1) is 0 Å². The number of hydrogen-bond acceptors (Lipinski definition) is 5. The third-order valence-electron chi connectivity index (χ3n) is 3.36. The molecule has 0 spiro atoms. The topological polar surface area (TPSA) is 96.9 Å². The lowest BCUT2D eigenvalue weighted by atomic mass is 9.89. The van der Waals surface area contributed by atoms with E-state index in [1.807, 2.05) is 0 Å². The van der Waals surface area contributed by atoms with E-state index >= 15 is 0 Å². The van der Waals surface area contributed by atoms with Crippen molar-refractivity contribution in [2.24, 2.45) is 0 Å². The van der Waals surface area contributed by atoms with E-state index in [9.17, 15) is 14.7 Å². The molecule has 7 nitrogen and oxygen atoms in total. The normalized spacial score (nSPS) is 27.4. The summed E-state index contributed by atoms with van der Waals surface area (Å²) in [5, 5.41) is 15.0. The van der Waals surface area contributed by atoms with E-state index in [4.69, 9.17) is 9.47 Å². The van der Waals surface area contributed by atoms with Gasteiger partial charge in [-0.15, -0.1) is 0 Å². The number of carbonyl (C=O) groups is 2. The number of carboxylic acids is 1. The van der Waals surface area contributed by atoms with Gasteiger partial charge >= 0.3 is 5.97 Å². The minimum absolute atomic E-state index is 0.276. The number of ether oxygens (including phenoxy) is 2. The van der Waals surface area contributed by atoms with Crippen molar-refractivity contribution in [3.63, 3.8) is 0 Å². The smallest absolute Gasteiger partial charge is 0.329 e. The second-order valence-electron chi connectivity index (χ2n) is 4.57. The fourth-order valence-corrected chi connectivity index (χ4v) is 2.17. The zero-order valence-electron chi connectivity index (χ0n) is 10.1. The Morgan fingerprint density at radius 1 is 1.22 bits per heavy atom. The van der Waals surface area contributed by atoms with E-state index < -0.39 is 17.6 Å². The second-order valence-corrected chi connectivity index (χ2v) is 4.57. The molecule has 1 unspecified atom stereocenters. The van der Waals surface area contributed by atoms with Crippen LogP contribution in [0.5, 0.6) is 0 Å². The lowest BCUT2D eigenvalue weighted by Crippen LogP contribution is -2.62. The number of aliphatic carboxylic acids is 1. The molecule has 2 rings (SSSR count). The van der Waals surface area contributed by atoms with Crippen molar-refractivity contribution in [1.29, 1.82) is 0 Å². The van der Waals surface area contributed by atoms with Crippen LogP contribution in [0.4, 0.5) is 0 Å². The Morgan fingerprint density at radius 3 is 2.50 bits per heavy atom. The molecule has 3 N–H and O–H groups in total. The number of carbonyl (C=O) groups excluding carboxylic acids is 1. The maximum atomic E-state index is 12.0. The van der Waals surface area contributed by atoms with Crippen LogP contribution in [0.15, 0.2) is 0 Å². The third kappa shape index (κ3) is 2.80. The number of morpholine rings is 1. The molecule has 2 aliphatic rings. The molecule has 1 amide bonds. The maximum absolute atomic E-state index is 12.0. The molecule has 0 aromatic heterocycles. The van der Waals surface area contributed by atoms with Crippen LogP contribution in [0.2, 0.25) is 0 Å². The predicted octanol–water partition coefficient (Wildman–Crippen LogP) is -1.28. The molecule has 102 valence electrons. The number of hydrogen-bond donors (Lipinski definition) is 3. The van der Waals surface area contributed by atoms with Crippen molar-refractivity contribution in [1.82, 2.24) is 10.6 Å². The van der Waals surface area contributed by atoms with E-state index in [2.05, 4.69) is 10.6 Å². The summed E-state index contributed by atoms with van der Waals surface area (Å²) < 4.78 is 10.3. The zero-order chi connectivity index (χ0) is 13.0. The summed E-state index contributed by atoms with van der Waals surface area (Å²) in [5.41, 5.74) is -1.20. The van der Waals surface area contributed by atoms with Crippen LogP contribution >= 0.6 is 0 Å². The lowest BCUT2D eigenvalue weighted by Gasteiger charge is -2.35. The van der Waals surface area contributed by atoms with Gasteiger partial charge in [0.1, 0.15) is 11.6 Å². The summed E-state index contributed by atoms with van der Waals surface area (Å²) in [5.74, 6) is -1.32. The van der Waals surface area contributed by atoms with E-state index in [0.29, 0.717) is 39.2 Å². The minimum Gasteiger partial charge on any atom is -0.480 e. The molecule has 0 radical (unpaired) electrons. The quantitative estimate of drug-likeness (QED) is 0.584. The van der Waals surface area contributed by atoms with E-state index in [-0.39, 0.29) is 12.5 Å². The van der Waals surface area contributed by atoms with Gasteiger partial charge in [0.15, 0.2) is 0 Å². The number of nitrogens with one attached hydrogen (secondary N) is 2. The van der Waals surface area contributed by atoms with Gasteiger partial charge in [0, 0.05) is 32.6 Å². The standard InChI is InChI=1S/C11H18N2O5/c14-9(8-7-18-6-3-12-8)13-11(10(15)16)1-4-17-5-2-11/h8,12H,1-7H2,(H,13,14)(H,15,16). The Hall–Kier alpha value is -1.18. The summed E-state index contributed by atoms with van der Waals surface area (Å²) in [6, 6.07) is -0.474. The average molecular weight is 258 g/mol. The first-order chi connectivity index (χ1) is 8.64. The SMILES string of the molecule is O=C(NC1(C(=O)O)CCOCC1)C1COCCN1. The summed E-state index contributed by atoms with van der Waals surface area (Å²) in [4.78, 5) is 23.4. The Labute approximate surface area is 105 Å². The second kappa shape index (κ2) is 5.64. The third-order valence-corrected chi connectivity index (χ3v) is 3.36. The first-order valence-corrected chi connectivity index (χ1v) is 6.08. The fraction of sp³-hybridized carbons (Fsp3) is 0.818. The van der Waals surface area contributed by atoms with Crippen molar-refractivity contribution < 1.29 is 24.2 Å². The minimum atomic E-state index is -1.20. The molecule has 0 saturated carbocycles. The molecule has 0 aromatic carbocycles. The van der Waals surface area contributed by atoms with E-state index in [1.54, 1.807) is 0 Å². The zero-order valence-corrected chi connectivity index (χ0v) is 10.1. The highest BCUT2D eigenvalue weighted by molar-refractivity contribution is 5.89. The molecule has 18 heavy (non-hydrogen) atoms. The van der Waals surface area contributed by atoms with Crippen molar-refractivity contribution in [2.45, 2.75) is 24.4 Å². The van der Waals surface area contributed by atoms with Crippen molar-refractivity contribution in [3.8, 4) is 0 Å². The molecule has 0 aliphatic carbocycles. The molecule has 2 aliphatic heterocycles. The van der Waals surface area contributed by atoms with Gasteiger partial charge in [-0.25, -0.2) is 4.79 Å². The number of rotatable bonds is 3. The molecule has 2 heterocycles. The molecular weight excluding hydrogens is 240 g/mol. The van der Waals surface area contributed by atoms with Gasteiger partial charge in [0.2, 0.25) is 5.91 Å². The van der Waals surface area contributed by atoms with Crippen LogP contribution in [0.25, 0.3) is 0 Å². The number of amides is 1. The van der Waals surface area contributed by atoms with Crippen LogP contribution in [-0.2, 0) is 19.1 Å². The highest BCUT2D eigenvalue weighted by atomic mass is 16.5. The van der Waals surface area contributed by atoms with Crippen LogP contribution in [-0.4, -0.2) is 61.5 Å². The first kappa shape index (κ1) is 13.3. The summed E-state index contributed by atoms with van der Waals surface area (Å²) in [7, 11) is 0. The van der Waals surface area contributed by atoms with Gasteiger partial charge in [0.05, 0.1) is 13.2 Å². The Kier molecular flexibility index (Phi) is 4.15. The Balaban J connectivity index is 1.99. The van der Waals surface area contributed by atoms with Crippen molar-refractivity contribution in [3.05, 3.63) is 0 Å². The summed E-state index contributed by atoms with van der Waals surface area (Å²) >= 11 is 0. The first-order valence-electron chi connectivity index (χ1n) is 6.08. The van der Waals surface area contributed by atoms with Gasteiger partial charge in [0.25, 0.3) is 0 Å². The molecular formula is C11H18N2O5. The highest BCUT2D eigenvalue weighted by Gasteiger charge is 2.42. The fourth-order valence-electron chi connectivity index (χ4n) is 2.17. The van der Waals surface area contributed by atoms with Crippen LogP contribution in [0.3, 0.4) is 0 Å². The summed E-state index contributed by atoms with van der Waals surface area (Å²) in [6.45, 7) is 2.14. The average Bonchev–Trinajstić information content (AvgIpc) is 2.40. The van der Waals surface area contributed by atoms with Crippen LogP contribution < -0.4 is 10.6 Å². The molecule has 7 heteroatoms. The van der Waals surface area contributed by atoms with Crippen LogP contribution in [0.1, 0.15) is 12.8 Å². The van der Waals surface area contributed by atoms with Crippen molar-refractivity contribution >= 4 is 11.9 Å². The Morgan fingerprint density at radius 2 is 1.94 bits per heavy atom. The van der Waals surface area contributed by atoms with E-state index in [0.717, 1.165) is 0 Å². The number of carboxylic acid groups (broad SMARTS) is 1. The van der Waals surface area contributed by atoms with Gasteiger partial charge in [-0.2, -0.15) is 0 Å². The predicted molar refractivity (Wildman–Crippen MR) is 61.2 cm³/mol. The molecule has 2 saturated heterocycles. The molecule has 0 bridgehead atoms. The lowest BCUT2D eigenvalue weighted by molar-refractivity contribution is -0.153. The Bertz CT molecular complexity index is 321. The van der Waals surface area contributed by atoms with Gasteiger partial charge < -0.3 is 25.2 Å². The van der Waals surface area contributed by atoms with Gasteiger partial charge in [-0.3, -0.25) is 4.79 Å². The van der Waals surface area contributed by atoms with Gasteiger partial charge in [-0.1, -0.05) is 0 Å². The molecule has 2 fully saturated rings. The largest absolute Gasteiger partial charge is 0.480 e. The van der Waals surface area contributed by atoms with Gasteiger partial charge in [-0.05, 0) is 0 Å². The monoisotopic (exact) mass is 258 g/mol. The molecule has 1 atom stereocenters. The summed E-state index contributed by atoms with van der Waals surface area (Å²) in [6.07, 6.45) is 0.587.